The number of carbonyl (C=O) groups is 1. The molecule has 0 amide bonds. The minimum atomic E-state index is -0.979. The lowest BCUT2D eigenvalue weighted by molar-refractivity contribution is 0.0698. The van der Waals surface area contributed by atoms with Gasteiger partial charge < -0.3 is 5.11 Å². The van der Waals surface area contributed by atoms with E-state index < -0.39 is 5.97 Å². The molecular formula is C13H10N2O2. The lowest BCUT2D eigenvalue weighted by Crippen LogP contribution is -1.96. The van der Waals surface area contributed by atoms with Crippen LogP contribution in [0.25, 0.3) is 0 Å². The predicted molar refractivity (Wildman–Crippen MR) is 64.9 cm³/mol. The quantitative estimate of drug-likeness (QED) is 0.818. The molecule has 0 aliphatic rings. The van der Waals surface area contributed by atoms with Crippen LogP contribution in [0.5, 0.6) is 0 Å². The maximum atomic E-state index is 10.9. The van der Waals surface area contributed by atoms with Crippen molar-refractivity contribution >= 4 is 17.9 Å². The first kappa shape index (κ1) is 11.0. The highest BCUT2D eigenvalue weighted by Gasteiger charge is 2.06. The van der Waals surface area contributed by atoms with Crippen LogP contribution in [0.15, 0.2) is 53.8 Å². The molecule has 1 aromatic heterocycles. The van der Waals surface area contributed by atoms with Crippen molar-refractivity contribution in [1.82, 2.24) is 4.98 Å². The molecule has 0 saturated carbocycles. The summed E-state index contributed by atoms with van der Waals surface area (Å²) in [6, 6.07) is 10.2. The molecule has 2 aromatic rings. The van der Waals surface area contributed by atoms with E-state index in [1.54, 1.807) is 48.9 Å². The molecule has 84 valence electrons. The first-order chi connectivity index (χ1) is 8.27. The molecule has 1 aromatic carbocycles. The molecular weight excluding hydrogens is 216 g/mol. The highest BCUT2D eigenvalue weighted by molar-refractivity contribution is 5.95. The number of aromatic nitrogens is 1. The Kier molecular flexibility index (Phi) is 3.25. The lowest BCUT2D eigenvalue weighted by atomic mass is 10.2. The Morgan fingerprint density at radius 2 is 1.88 bits per heavy atom. The summed E-state index contributed by atoms with van der Waals surface area (Å²) < 4.78 is 0. The van der Waals surface area contributed by atoms with Gasteiger partial charge >= 0.3 is 5.97 Å². The van der Waals surface area contributed by atoms with Crippen molar-refractivity contribution in [3.63, 3.8) is 0 Å². The van der Waals surface area contributed by atoms with Gasteiger partial charge in [0.05, 0.1) is 11.3 Å². The van der Waals surface area contributed by atoms with Crippen LogP contribution in [0.3, 0.4) is 0 Å². The Hall–Kier alpha value is -2.49. The van der Waals surface area contributed by atoms with Gasteiger partial charge in [0.25, 0.3) is 0 Å². The number of para-hydroxylation sites is 1. The Bertz CT molecular complexity index is 550. The molecule has 17 heavy (non-hydrogen) atoms. The van der Waals surface area contributed by atoms with Crippen LogP contribution in [0.1, 0.15) is 15.9 Å². The van der Waals surface area contributed by atoms with Crippen LogP contribution < -0.4 is 0 Å². The largest absolute Gasteiger partial charge is 0.478 e. The zero-order valence-electron chi connectivity index (χ0n) is 8.95. The van der Waals surface area contributed by atoms with Crippen LogP contribution in [0.4, 0.5) is 5.69 Å². The summed E-state index contributed by atoms with van der Waals surface area (Å²) in [6.45, 7) is 0. The van der Waals surface area contributed by atoms with E-state index in [-0.39, 0.29) is 5.56 Å². The Balaban J connectivity index is 2.30. The van der Waals surface area contributed by atoms with Gasteiger partial charge in [-0.15, -0.1) is 0 Å². The fourth-order valence-corrected chi connectivity index (χ4v) is 1.36. The second-order valence-corrected chi connectivity index (χ2v) is 3.36. The normalized spacial score (nSPS) is 10.6. The van der Waals surface area contributed by atoms with E-state index in [1.165, 1.54) is 6.07 Å². The van der Waals surface area contributed by atoms with Gasteiger partial charge in [0, 0.05) is 18.6 Å². The van der Waals surface area contributed by atoms with Gasteiger partial charge in [-0.1, -0.05) is 12.1 Å². The third-order valence-electron chi connectivity index (χ3n) is 2.19. The number of carboxylic acid groups (broad SMARTS) is 1. The summed E-state index contributed by atoms with van der Waals surface area (Å²) in [5.41, 5.74) is 1.51. The number of nitrogens with zero attached hydrogens (tertiary/aromatic N) is 2. The van der Waals surface area contributed by atoms with E-state index in [1.807, 2.05) is 0 Å². The average molecular weight is 226 g/mol. The van der Waals surface area contributed by atoms with E-state index in [9.17, 15) is 4.79 Å². The van der Waals surface area contributed by atoms with Crippen LogP contribution in [-0.2, 0) is 0 Å². The van der Waals surface area contributed by atoms with Crippen LogP contribution >= 0.6 is 0 Å². The summed E-state index contributed by atoms with van der Waals surface area (Å²) in [5, 5.41) is 8.98. The van der Waals surface area contributed by atoms with Gasteiger partial charge in [-0.25, -0.2) is 4.79 Å². The molecule has 0 aliphatic heterocycles. The van der Waals surface area contributed by atoms with Crippen molar-refractivity contribution in [3.05, 3.63) is 59.9 Å². The molecule has 2 rings (SSSR count). The van der Waals surface area contributed by atoms with Crippen molar-refractivity contribution in [2.45, 2.75) is 0 Å². The zero-order valence-corrected chi connectivity index (χ0v) is 8.95. The fraction of sp³-hybridized carbons (Fsp3) is 0. The van der Waals surface area contributed by atoms with E-state index in [0.29, 0.717) is 5.69 Å². The van der Waals surface area contributed by atoms with Crippen molar-refractivity contribution in [2.75, 3.05) is 0 Å². The molecule has 0 radical (unpaired) electrons. The number of benzene rings is 1. The second-order valence-electron chi connectivity index (χ2n) is 3.36. The zero-order chi connectivity index (χ0) is 12.1. The van der Waals surface area contributed by atoms with Crippen molar-refractivity contribution in [2.24, 2.45) is 4.99 Å². The highest BCUT2D eigenvalue weighted by atomic mass is 16.4. The molecule has 0 spiro atoms. The van der Waals surface area contributed by atoms with Crippen molar-refractivity contribution < 1.29 is 9.90 Å². The van der Waals surface area contributed by atoms with Gasteiger partial charge in [-0.2, -0.15) is 0 Å². The third-order valence-corrected chi connectivity index (χ3v) is 2.19. The maximum absolute atomic E-state index is 10.9. The highest BCUT2D eigenvalue weighted by Crippen LogP contribution is 2.18. The fourth-order valence-electron chi connectivity index (χ4n) is 1.36. The summed E-state index contributed by atoms with van der Waals surface area (Å²) in [7, 11) is 0. The molecule has 0 aliphatic carbocycles. The number of hydrogen-bond acceptors (Lipinski definition) is 3. The van der Waals surface area contributed by atoms with Gasteiger partial charge in [-0.3, -0.25) is 9.98 Å². The van der Waals surface area contributed by atoms with Gasteiger partial charge in [0.15, 0.2) is 0 Å². The van der Waals surface area contributed by atoms with Crippen LogP contribution in [0.2, 0.25) is 0 Å². The summed E-state index contributed by atoms with van der Waals surface area (Å²) >= 11 is 0. The number of pyridine rings is 1. The van der Waals surface area contributed by atoms with Crippen LogP contribution in [0, 0.1) is 0 Å². The minimum Gasteiger partial charge on any atom is -0.478 e. The average Bonchev–Trinajstić information content (AvgIpc) is 2.38. The number of aromatic carboxylic acids is 1. The summed E-state index contributed by atoms with van der Waals surface area (Å²) in [5.74, 6) is -0.979. The molecule has 4 heteroatoms. The number of hydrogen-bond donors (Lipinski definition) is 1. The number of rotatable bonds is 3. The van der Waals surface area contributed by atoms with Gasteiger partial charge in [0.2, 0.25) is 0 Å². The Morgan fingerprint density at radius 1 is 1.18 bits per heavy atom. The Morgan fingerprint density at radius 3 is 2.59 bits per heavy atom. The SMILES string of the molecule is O=C(O)c1ccccc1/N=C/c1ccncc1. The second kappa shape index (κ2) is 5.03. The van der Waals surface area contributed by atoms with E-state index >= 15 is 0 Å². The molecule has 1 heterocycles. The topological polar surface area (TPSA) is 62.5 Å². The Labute approximate surface area is 98.3 Å². The lowest BCUT2D eigenvalue weighted by Gasteiger charge is -1.99. The smallest absolute Gasteiger partial charge is 0.337 e. The molecule has 0 unspecified atom stereocenters. The summed E-state index contributed by atoms with van der Waals surface area (Å²) in [6.07, 6.45) is 4.93. The monoisotopic (exact) mass is 226 g/mol. The maximum Gasteiger partial charge on any atom is 0.337 e. The molecule has 1 N–H and O–H groups in total. The predicted octanol–water partition coefficient (Wildman–Crippen LogP) is 2.53. The summed E-state index contributed by atoms with van der Waals surface area (Å²) in [4.78, 5) is 19.0. The minimum absolute atomic E-state index is 0.192. The van der Waals surface area contributed by atoms with Gasteiger partial charge in [-0.05, 0) is 29.8 Å². The molecule has 4 nitrogen and oxygen atoms in total. The number of carboxylic acids is 1. The molecule has 0 saturated heterocycles. The van der Waals surface area contributed by atoms with E-state index in [2.05, 4.69) is 9.98 Å². The number of aliphatic imine (C=N–C) groups is 1. The molecule has 0 fully saturated rings. The molecule has 0 atom stereocenters. The van der Waals surface area contributed by atoms with Crippen LogP contribution in [-0.4, -0.2) is 22.3 Å². The molecule has 0 bridgehead atoms. The third kappa shape index (κ3) is 2.75. The first-order valence-corrected chi connectivity index (χ1v) is 5.04. The van der Waals surface area contributed by atoms with E-state index in [0.717, 1.165) is 5.56 Å². The first-order valence-electron chi connectivity index (χ1n) is 5.04. The van der Waals surface area contributed by atoms with Gasteiger partial charge in [0.1, 0.15) is 0 Å². The van der Waals surface area contributed by atoms with Crippen molar-refractivity contribution in [1.29, 1.82) is 0 Å². The standard InChI is InChI=1S/C13H10N2O2/c16-13(17)11-3-1-2-4-12(11)15-9-10-5-7-14-8-6-10/h1-9H,(H,16,17)/b15-9+. The van der Waals surface area contributed by atoms with E-state index in [4.69, 9.17) is 5.11 Å². The van der Waals surface area contributed by atoms with Crippen molar-refractivity contribution in [3.8, 4) is 0 Å².